The van der Waals surface area contributed by atoms with Crippen molar-refractivity contribution >= 4 is 11.6 Å². The van der Waals surface area contributed by atoms with Gasteiger partial charge in [-0.15, -0.1) is 0 Å². The number of anilines is 1. The summed E-state index contributed by atoms with van der Waals surface area (Å²) >= 11 is 0. The molecule has 0 radical (unpaired) electrons. The average Bonchev–Trinajstić information content (AvgIpc) is 2.45. The van der Waals surface area contributed by atoms with Gasteiger partial charge >= 0.3 is 0 Å². The predicted molar refractivity (Wildman–Crippen MR) is 79.5 cm³/mol. The fourth-order valence-corrected chi connectivity index (χ4v) is 2.58. The molecule has 1 aromatic rings. The Morgan fingerprint density at radius 2 is 2.16 bits per heavy atom. The van der Waals surface area contributed by atoms with Gasteiger partial charge in [-0.25, -0.2) is 0 Å². The Labute approximate surface area is 116 Å². The van der Waals surface area contributed by atoms with Gasteiger partial charge in [-0.3, -0.25) is 4.79 Å². The first-order valence-electron chi connectivity index (χ1n) is 7.29. The third-order valence-electron chi connectivity index (χ3n) is 3.81. The molecule has 2 rings (SSSR count). The number of para-hydroxylation sites is 1. The summed E-state index contributed by atoms with van der Waals surface area (Å²) in [5.41, 5.74) is 2.61. The van der Waals surface area contributed by atoms with Crippen LogP contribution in [0.5, 0.6) is 0 Å². The van der Waals surface area contributed by atoms with Crippen molar-refractivity contribution in [1.29, 1.82) is 0 Å². The third-order valence-corrected chi connectivity index (χ3v) is 3.81. The Hall–Kier alpha value is -1.51. The number of nitrogens with zero attached hydrogens (tertiary/aromatic N) is 2. The molecule has 0 unspecified atom stereocenters. The highest BCUT2D eigenvalue weighted by atomic mass is 16.2. The highest BCUT2D eigenvalue weighted by Gasteiger charge is 2.19. The van der Waals surface area contributed by atoms with Gasteiger partial charge in [0.25, 0.3) is 0 Å². The number of carbonyl (C=O) groups excluding carboxylic acids is 1. The lowest BCUT2D eigenvalue weighted by Crippen LogP contribution is -2.41. The molecule has 104 valence electrons. The number of fused-ring (bicyclic) bond motifs is 1. The van der Waals surface area contributed by atoms with Crippen LogP contribution in [0.25, 0.3) is 0 Å². The fourth-order valence-electron chi connectivity index (χ4n) is 2.58. The summed E-state index contributed by atoms with van der Waals surface area (Å²) in [4.78, 5) is 16.3. The number of carbonyl (C=O) groups is 1. The Bertz CT molecular complexity index is 431. The second-order valence-corrected chi connectivity index (χ2v) is 5.32. The monoisotopic (exact) mass is 260 g/mol. The van der Waals surface area contributed by atoms with Gasteiger partial charge in [-0.2, -0.15) is 0 Å². The Morgan fingerprint density at radius 3 is 2.95 bits per heavy atom. The molecule has 0 saturated heterocycles. The zero-order chi connectivity index (χ0) is 13.7. The minimum Gasteiger partial charge on any atom is -0.362 e. The largest absolute Gasteiger partial charge is 0.362 e. The van der Waals surface area contributed by atoms with E-state index in [1.54, 1.807) is 0 Å². The van der Waals surface area contributed by atoms with E-state index in [0.717, 1.165) is 38.8 Å². The highest BCUT2D eigenvalue weighted by molar-refractivity contribution is 5.81. The fraction of sp³-hybridized carbons (Fsp3) is 0.562. The standard InChI is InChI=1S/C16H24N2O/c1-3-4-11-17(2)16(19)13-18-12-7-9-14-8-5-6-10-15(14)18/h5-6,8,10H,3-4,7,9,11-13H2,1-2H3. The second-order valence-electron chi connectivity index (χ2n) is 5.32. The molecule has 1 aliphatic rings. The number of hydrogen-bond donors (Lipinski definition) is 0. The first-order chi connectivity index (χ1) is 9.22. The Morgan fingerprint density at radius 1 is 1.37 bits per heavy atom. The smallest absolute Gasteiger partial charge is 0.241 e. The van der Waals surface area contributed by atoms with Gasteiger partial charge in [0.2, 0.25) is 5.91 Å². The number of likely N-dealkylation sites (N-methyl/N-ethyl adjacent to an activating group) is 1. The molecule has 0 aromatic heterocycles. The molecule has 0 aliphatic carbocycles. The first-order valence-corrected chi connectivity index (χ1v) is 7.29. The molecule has 1 heterocycles. The molecule has 1 aliphatic heterocycles. The molecule has 1 aromatic carbocycles. The summed E-state index contributed by atoms with van der Waals surface area (Å²) in [7, 11) is 1.91. The van der Waals surface area contributed by atoms with Crippen LogP contribution >= 0.6 is 0 Å². The van der Waals surface area contributed by atoms with E-state index in [0.29, 0.717) is 6.54 Å². The van der Waals surface area contributed by atoms with Gasteiger partial charge in [0.15, 0.2) is 0 Å². The first kappa shape index (κ1) is 13.9. The molecule has 3 heteroatoms. The van der Waals surface area contributed by atoms with Crippen molar-refractivity contribution in [2.75, 3.05) is 31.6 Å². The van der Waals surface area contributed by atoms with Crippen LogP contribution < -0.4 is 4.90 Å². The molecular formula is C16H24N2O. The SMILES string of the molecule is CCCCN(C)C(=O)CN1CCCc2ccccc21. The average molecular weight is 260 g/mol. The quantitative estimate of drug-likeness (QED) is 0.812. The molecule has 0 fully saturated rings. The van der Waals surface area contributed by atoms with Crippen LogP contribution in [-0.2, 0) is 11.2 Å². The molecule has 1 amide bonds. The van der Waals surface area contributed by atoms with Crippen molar-refractivity contribution in [2.45, 2.75) is 32.6 Å². The van der Waals surface area contributed by atoms with Crippen molar-refractivity contribution in [2.24, 2.45) is 0 Å². The maximum atomic E-state index is 12.2. The van der Waals surface area contributed by atoms with E-state index in [-0.39, 0.29) is 5.91 Å². The van der Waals surface area contributed by atoms with Gasteiger partial charge in [-0.05, 0) is 30.9 Å². The summed E-state index contributed by atoms with van der Waals surface area (Å²) in [5.74, 6) is 0.227. The molecule has 3 nitrogen and oxygen atoms in total. The molecule has 0 spiro atoms. The Kier molecular flexibility index (Phi) is 4.83. The summed E-state index contributed by atoms with van der Waals surface area (Å²) < 4.78 is 0. The third kappa shape index (κ3) is 3.49. The van der Waals surface area contributed by atoms with Gasteiger partial charge in [0, 0.05) is 25.8 Å². The van der Waals surface area contributed by atoms with Gasteiger partial charge in [-0.1, -0.05) is 31.5 Å². The van der Waals surface area contributed by atoms with Crippen LogP contribution in [0.15, 0.2) is 24.3 Å². The molecule has 0 atom stereocenters. The minimum absolute atomic E-state index is 0.227. The number of aryl methyl sites for hydroxylation is 1. The van der Waals surface area contributed by atoms with E-state index >= 15 is 0 Å². The van der Waals surface area contributed by atoms with Crippen molar-refractivity contribution in [3.8, 4) is 0 Å². The summed E-state index contributed by atoms with van der Waals surface area (Å²) in [6.07, 6.45) is 4.48. The van der Waals surface area contributed by atoms with Crippen molar-refractivity contribution in [1.82, 2.24) is 4.90 Å². The van der Waals surface area contributed by atoms with Crippen LogP contribution in [-0.4, -0.2) is 37.5 Å². The van der Waals surface area contributed by atoms with E-state index in [9.17, 15) is 4.79 Å². The van der Waals surface area contributed by atoms with Gasteiger partial charge in [0.1, 0.15) is 0 Å². The lowest BCUT2D eigenvalue weighted by molar-refractivity contribution is -0.128. The van der Waals surface area contributed by atoms with E-state index in [1.807, 2.05) is 11.9 Å². The number of unbranched alkanes of at least 4 members (excludes halogenated alkanes) is 1. The normalized spacial score (nSPS) is 14.1. The Balaban J connectivity index is 1.98. The molecule has 0 bridgehead atoms. The van der Waals surface area contributed by atoms with Crippen LogP contribution in [0.2, 0.25) is 0 Å². The van der Waals surface area contributed by atoms with Crippen LogP contribution in [0.4, 0.5) is 5.69 Å². The maximum Gasteiger partial charge on any atom is 0.241 e. The summed E-state index contributed by atoms with van der Waals surface area (Å²) in [5, 5.41) is 0. The number of amides is 1. The summed E-state index contributed by atoms with van der Waals surface area (Å²) in [6.45, 7) is 4.52. The van der Waals surface area contributed by atoms with E-state index in [1.165, 1.54) is 11.3 Å². The van der Waals surface area contributed by atoms with Crippen molar-refractivity contribution in [3.63, 3.8) is 0 Å². The predicted octanol–water partition coefficient (Wildman–Crippen LogP) is 2.70. The van der Waals surface area contributed by atoms with Crippen molar-refractivity contribution in [3.05, 3.63) is 29.8 Å². The lowest BCUT2D eigenvalue weighted by atomic mass is 10.0. The second kappa shape index (κ2) is 6.60. The number of hydrogen-bond acceptors (Lipinski definition) is 2. The zero-order valence-corrected chi connectivity index (χ0v) is 12.1. The zero-order valence-electron chi connectivity index (χ0n) is 12.1. The van der Waals surface area contributed by atoms with Crippen LogP contribution in [0, 0.1) is 0 Å². The summed E-state index contributed by atoms with van der Waals surface area (Å²) in [6, 6.07) is 8.44. The van der Waals surface area contributed by atoms with Gasteiger partial charge in [0.05, 0.1) is 6.54 Å². The van der Waals surface area contributed by atoms with E-state index in [2.05, 4.69) is 36.1 Å². The molecule has 0 saturated carbocycles. The van der Waals surface area contributed by atoms with Gasteiger partial charge < -0.3 is 9.80 Å². The van der Waals surface area contributed by atoms with Crippen LogP contribution in [0.1, 0.15) is 31.7 Å². The number of rotatable bonds is 5. The topological polar surface area (TPSA) is 23.6 Å². The van der Waals surface area contributed by atoms with E-state index in [4.69, 9.17) is 0 Å². The molecule has 19 heavy (non-hydrogen) atoms. The minimum atomic E-state index is 0.227. The van der Waals surface area contributed by atoms with E-state index < -0.39 is 0 Å². The molecular weight excluding hydrogens is 236 g/mol. The molecule has 0 N–H and O–H groups in total. The van der Waals surface area contributed by atoms with Crippen LogP contribution in [0.3, 0.4) is 0 Å². The maximum absolute atomic E-state index is 12.2. The highest BCUT2D eigenvalue weighted by Crippen LogP contribution is 2.26. The number of benzene rings is 1. The van der Waals surface area contributed by atoms with Crippen molar-refractivity contribution < 1.29 is 4.79 Å². The lowest BCUT2D eigenvalue weighted by Gasteiger charge is -2.32.